The highest BCUT2D eigenvalue weighted by atomic mass is 16.7. The summed E-state index contributed by atoms with van der Waals surface area (Å²) >= 11 is 0. The second-order valence-electron chi connectivity index (χ2n) is 3.98. The third-order valence-electron chi connectivity index (χ3n) is 2.89. The number of fused-ring (bicyclic) bond motifs is 1. The molecule has 2 aromatic rings. The SMILES string of the molecule is CCOC(=O)C1OC1n1ccc2ccccc21. The number of benzene rings is 1. The zero-order valence-corrected chi connectivity index (χ0v) is 9.50. The van der Waals surface area contributed by atoms with Crippen molar-refractivity contribution in [1.29, 1.82) is 0 Å². The van der Waals surface area contributed by atoms with Gasteiger partial charge in [-0.15, -0.1) is 0 Å². The Balaban J connectivity index is 1.85. The normalized spacial score (nSPS) is 22.6. The molecule has 1 aromatic heterocycles. The maximum Gasteiger partial charge on any atom is 0.340 e. The molecule has 0 spiro atoms. The molecule has 0 amide bonds. The van der Waals surface area contributed by atoms with Gasteiger partial charge < -0.3 is 14.0 Å². The number of carbonyl (C=O) groups excluding carboxylic acids is 1. The molecule has 4 heteroatoms. The number of aromatic nitrogens is 1. The molecule has 0 saturated carbocycles. The van der Waals surface area contributed by atoms with E-state index in [-0.39, 0.29) is 12.2 Å². The Morgan fingerprint density at radius 3 is 3.06 bits per heavy atom. The van der Waals surface area contributed by atoms with E-state index in [0.717, 1.165) is 10.9 Å². The first kappa shape index (κ1) is 10.4. The molecule has 3 rings (SSSR count). The summed E-state index contributed by atoms with van der Waals surface area (Å²) in [5.74, 6) is -0.282. The van der Waals surface area contributed by atoms with Crippen LogP contribution >= 0.6 is 0 Å². The molecular weight excluding hydrogens is 218 g/mol. The van der Waals surface area contributed by atoms with E-state index in [1.54, 1.807) is 6.92 Å². The highest BCUT2D eigenvalue weighted by molar-refractivity contribution is 5.82. The van der Waals surface area contributed by atoms with Gasteiger partial charge in [0.15, 0.2) is 6.23 Å². The highest BCUT2D eigenvalue weighted by Gasteiger charge is 2.48. The second-order valence-corrected chi connectivity index (χ2v) is 3.98. The largest absolute Gasteiger partial charge is 0.464 e. The van der Waals surface area contributed by atoms with E-state index in [9.17, 15) is 4.79 Å². The van der Waals surface area contributed by atoms with Gasteiger partial charge in [0.25, 0.3) is 0 Å². The molecule has 0 radical (unpaired) electrons. The molecule has 1 aromatic carbocycles. The summed E-state index contributed by atoms with van der Waals surface area (Å²) in [5, 5.41) is 1.14. The summed E-state index contributed by atoms with van der Waals surface area (Å²) in [6.07, 6.45) is 1.27. The Labute approximate surface area is 98.7 Å². The monoisotopic (exact) mass is 231 g/mol. The predicted octanol–water partition coefficient (Wildman–Crippen LogP) is 2.10. The van der Waals surface area contributed by atoms with E-state index >= 15 is 0 Å². The van der Waals surface area contributed by atoms with E-state index in [4.69, 9.17) is 9.47 Å². The van der Waals surface area contributed by atoms with Crippen molar-refractivity contribution >= 4 is 16.9 Å². The van der Waals surface area contributed by atoms with E-state index in [0.29, 0.717) is 6.61 Å². The van der Waals surface area contributed by atoms with Crippen LogP contribution in [-0.4, -0.2) is 23.2 Å². The van der Waals surface area contributed by atoms with E-state index in [1.807, 2.05) is 41.1 Å². The molecule has 4 nitrogen and oxygen atoms in total. The molecule has 2 atom stereocenters. The van der Waals surface area contributed by atoms with Gasteiger partial charge in [-0.25, -0.2) is 4.79 Å². The first-order valence-corrected chi connectivity index (χ1v) is 5.69. The van der Waals surface area contributed by atoms with Crippen molar-refractivity contribution in [3.8, 4) is 0 Å². The zero-order valence-electron chi connectivity index (χ0n) is 9.50. The molecule has 0 bridgehead atoms. The van der Waals surface area contributed by atoms with Crippen molar-refractivity contribution in [2.75, 3.05) is 6.61 Å². The Hall–Kier alpha value is -1.81. The summed E-state index contributed by atoms with van der Waals surface area (Å²) in [5.41, 5.74) is 1.07. The number of carbonyl (C=O) groups is 1. The topological polar surface area (TPSA) is 43.8 Å². The van der Waals surface area contributed by atoms with Crippen molar-refractivity contribution in [2.24, 2.45) is 0 Å². The Kier molecular flexibility index (Phi) is 2.37. The fraction of sp³-hybridized carbons (Fsp3) is 0.308. The van der Waals surface area contributed by atoms with Crippen LogP contribution in [0.4, 0.5) is 0 Å². The van der Waals surface area contributed by atoms with Crippen LogP contribution in [0.5, 0.6) is 0 Å². The van der Waals surface area contributed by atoms with Crippen LogP contribution in [0.3, 0.4) is 0 Å². The first-order valence-electron chi connectivity index (χ1n) is 5.69. The Morgan fingerprint density at radius 2 is 2.24 bits per heavy atom. The number of hydrogen-bond acceptors (Lipinski definition) is 3. The number of ether oxygens (including phenoxy) is 2. The standard InChI is InChI=1S/C13H13NO3/c1-2-16-13(15)11-12(17-11)14-8-7-9-5-3-4-6-10(9)14/h3-8,11-12H,2H2,1H3. The molecule has 17 heavy (non-hydrogen) atoms. The number of nitrogens with zero attached hydrogens (tertiary/aromatic N) is 1. The predicted molar refractivity (Wildman–Crippen MR) is 62.5 cm³/mol. The number of esters is 1. The van der Waals surface area contributed by atoms with Crippen LogP contribution in [-0.2, 0) is 14.3 Å². The molecule has 0 N–H and O–H groups in total. The fourth-order valence-corrected chi connectivity index (χ4v) is 2.04. The molecule has 1 fully saturated rings. The van der Waals surface area contributed by atoms with Crippen molar-refractivity contribution in [3.63, 3.8) is 0 Å². The molecule has 1 aliphatic rings. The van der Waals surface area contributed by atoms with Crippen LogP contribution in [0.1, 0.15) is 13.2 Å². The van der Waals surface area contributed by atoms with Gasteiger partial charge in [0.2, 0.25) is 6.10 Å². The van der Waals surface area contributed by atoms with E-state index in [2.05, 4.69) is 0 Å². The average Bonchev–Trinajstić information content (AvgIpc) is 3.02. The lowest BCUT2D eigenvalue weighted by Crippen LogP contribution is -2.13. The minimum Gasteiger partial charge on any atom is -0.464 e. The third kappa shape index (κ3) is 1.70. The molecule has 2 unspecified atom stereocenters. The number of hydrogen-bond donors (Lipinski definition) is 0. The Bertz CT molecular complexity index is 561. The second kappa shape index (κ2) is 3.89. The van der Waals surface area contributed by atoms with Gasteiger partial charge in [-0.3, -0.25) is 0 Å². The van der Waals surface area contributed by atoms with Crippen molar-refractivity contribution in [2.45, 2.75) is 19.3 Å². The van der Waals surface area contributed by atoms with Gasteiger partial charge in [-0.05, 0) is 24.4 Å². The lowest BCUT2D eigenvalue weighted by atomic mass is 10.2. The summed E-state index contributed by atoms with van der Waals surface area (Å²) in [6.45, 7) is 2.18. The van der Waals surface area contributed by atoms with Crippen molar-refractivity contribution in [3.05, 3.63) is 36.5 Å². The summed E-state index contributed by atoms with van der Waals surface area (Å²) < 4.78 is 12.3. The number of para-hydroxylation sites is 1. The maximum atomic E-state index is 11.5. The van der Waals surface area contributed by atoms with Crippen LogP contribution in [0.2, 0.25) is 0 Å². The van der Waals surface area contributed by atoms with Gasteiger partial charge in [0.1, 0.15) is 0 Å². The average molecular weight is 231 g/mol. The van der Waals surface area contributed by atoms with E-state index in [1.165, 1.54) is 0 Å². The minimum atomic E-state index is -0.453. The van der Waals surface area contributed by atoms with Crippen LogP contribution in [0.15, 0.2) is 36.5 Å². The van der Waals surface area contributed by atoms with Crippen LogP contribution in [0, 0.1) is 0 Å². The number of epoxide rings is 1. The fourth-order valence-electron chi connectivity index (χ4n) is 2.04. The van der Waals surface area contributed by atoms with E-state index < -0.39 is 6.10 Å². The maximum absolute atomic E-state index is 11.5. The summed E-state index contributed by atoms with van der Waals surface area (Å²) in [4.78, 5) is 11.5. The van der Waals surface area contributed by atoms with Crippen molar-refractivity contribution < 1.29 is 14.3 Å². The van der Waals surface area contributed by atoms with Gasteiger partial charge in [-0.2, -0.15) is 0 Å². The lowest BCUT2D eigenvalue weighted by Gasteiger charge is -2.00. The molecular formula is C13H13NO3. The van der Waals surface area contributed by atoms with Crippen molar-refractivity contribution in [1.82, 2.24) is 4.57 Å². The lowest BCUT2D eigenvalue weighted by molar-refractivity contribution is -0.144. The minimum absolute atomic E-state index is 0.214. The van der Waals surface area contributed by atoms with Gasteiger partial charge in [0, 0.05) is 6.20 Å². The van der Waals surface area contributed by atoms with Gasteiger partial charge in [0.05, 0.1) is 12.1 Å². The van der Waals surface area contributed by atoms with Gasteiger partial charge >= 0.3 is 5.97 Å². The highest BCUT2D eigenvalue weighted by Crippen LogP contribution is 2.37. The zero-order chi connectivity index (χ0) is 11.8. The summed E-state index contributed by atoms with van der Waals surface area (Å²) in [6, 6.07) is 10.0. The third-order valence-corrected chi connectivity index (χ3v) is 2.89. The molecule has 1 aliphatic heterocycles. The molecule has 1 saturated heterocycles. The molecule has 0 aliphatic carbocycles. The first-order chi connectivity index (χ1) is 8.31. The quantitative estimate of drug-likeness (QED) is 0.600. The molecule has 2 heterocycles. The van der Waals surface area contributed by atoms with Crippen LogP contribution < -0.4 is 0 Å². The number of rotatable bonds is 3. The van der Waals surface area contributed by atoms with Crippen LogP contribution in [0.25, 0.3) is 10.9 Å². The smallest absolute Gasteiger partial charge is 0.340 e. The van der Waals surface area contributed by atoms with Gasteiger partial charge in [-0.1, -0.05) is 18.2 Å². The molecule has 88 valence electrons. The summed E-state index contributed by atoms with van der Waals surface area (Å²) in [7, 11) is 0. The Morgan fingerprint density at radius 1 is 1.41 bits per heavy atom.